The van der Waals surface area contributed by atoms with Crippen molar-refractivity contribution in [1.82, 2.24) is 4.31 Å². The van der Waals surface area contributed by atoms with Gasteiger partial charge in [0.15, 0.2) is 0 Å². The molecule has 0 aliphatic carbocycles. The van der Waals surface area contributed by atoms with E-state index in [1.54, 1.807) is 20.0 Å². The number of sulfonamides is 1. The number of hydrogen-bond donors (Lipinski definition) is 1. The molecule has 1 N–H and O–H groups in total. The molecule has 0 saturated heterocycles. The van der Waals surface area contributed by atoms with Gasteiger partial charge in [-0.05, 0) is 42.5 Å². The predicted octanol–water partition coefficient (Wildman–Crippen LogP) is 2.46. The molecular weight excluding hydrogens is 274 g/mol. The Morgan fingerprint density at radius 1 is 1.30 bits per heavy atom. The molecule has 1 atom stereocenters. The number of rotatable bonds is 6. The van der Waals surface area contributed by atoms with Crippen LogP contribution >= 0.6 is 0 Å². The third-order valence-corrected chi connectivity index (χ3v) is 5.77. The minimum absolute atomic E-state index is 0.154. The van der Waals surface area contributed by atoms with E-state index in [1.165, 1.54) is 4.31 Å². The highest BCUT2D eigenvalue weighted by Gasteiger charge is 2.25. The standard InChI is InChI=1S/C15H25NO3S/c1-6-11(2)9-16(5)20(18,19)15-8-14(10-17)7-12(3)13(15)4/h7-8,11,17H,6,9-10H2,1-5H3. The molecule has 114 valence electrons. The maximum atomic E-state index is 12.7. The van der Waals surface area contributed by atoms with Gasteiger partial charge in [-0.2, -0.15) is 0 Å². The van der Waals surface area contributed by atoms with Crippen molar-refractivity contribution in [2.75, 3.05) is 13.6 Å². The van der Waals surface area contributed by atoms with Gasteiger partial charge in [0, 0.05) is 13.6 Å². The summed E-state index contributed by atoms with van der Waals surface area (Å²) in [6.07, 6.45) is 0.939. The number of nitrogens with zero attached hydrogens (tertiary/aromatic N) is 1. The molecule has 0 aromatic heterocycles. The van der Waals surface area contributed by atoms with E-state index < -0.39 is 10.0 Å². The lowest BCUT2D eigenvalue weighted by molar-refractivity contribution is 0.281. The summed E-state index contributed by atoms with van der Waals surface area (Å²) in [5.41, 5.74) is 2.26. The van der Waals surface area contributed by atoms with Gasteiger partial charge >= 0.3 is 0 Å². The molecule has 0 radical (unpaired) electrons. The van der Waals surface area contributed by atoms with Crippen molar-refractivity contribution >= 4 is 10.0 Å². The Labute approximate surface area is 122 Å². The highest BCUT2D eigenvalue weighted by atomic mass is 32.2. The van der Waals surface area contributed by atoms with Crippen LogP contribution in [0.3, 0.4) is 0 Å². The predicted molar refractivity (Wildman–Crippen MR) is 81.1 cm³/mol. The lowest BCUT2D eigenvalue weighted by Gasteiger charge is -2.22. The summed E-state index contributed by atoms with van der Waals surface area (Å²) in [5, 5.41) is 9.26. The SMILES string of the molecule is CCC(C)CN(C)S(=O)(=O)c1cc(CO)cc(C)c1C. The van der Waals surface area contributed by atoms with Crippen molar-refractivity contribution in [1.29, 1.82) is 0 Å². The Kier molecular flexibility index (Phi) is 5.74. The number of benzene rings is 1. The van der Waals surface area contributed by atoms with Gasteiger partial charge in [-0.25, -0.2) is 12.7 Å². The molecule has 5 heteroatoms. The topological polar surface area (TPSA) is 57.6 Å². The van der Waals surface area contributed by atoms with E-state index >= 15 is 0 Å². The van der Waals surface area contributed by atoms with E-state index in [0.29, 0.717) is 22.9 Å². The highest BCUT2D eigenvalue weighted by molar-refractivity contribution is 7.89. The van der Waals surface area contributed by atoms with E-state index in [4.69, 9.17) is 0 Å². The van der Waals surface area contributed by atoms with Crippen molar-refractivity contribution in [2.45, 2.75) is 45.6 Å². The van der Waals surface area contributed by atoms with Crippen molar-refractivity contribution in [3.8, 4) is 0 Å². The van der Waals surface area contributed by atoms with Gasteiger partial charge in [-0.15, -0.1) is 0 Å². The largest absolute Gasteiger partial charge is 0.392 e. The first-order valence-corrected chi connectivity index (χ1v) is 8.35. The molecule has 0 amide bonds. The summed E-state index contributed by atoms with van der Waals surface area (Å²) in [6.45, 7) is 8.10. The van der Waals surface area contributed by atoms with Crippen molar-refractivity contribution in [2.24, 2.45) is 5.92 Å². The molecule has 4 nitrogen and oxygen atoms in total. The molecule has 1 aromatic rings. The van der Waals surface area contributed by atoms with E-state index in [0.717, 1.165) is 17.5 Å². The average Bonchev–Trinajstić information content (AvgIpc) is 2.40. The van der Waals surface area contributed by atoms with Gasteiger partial charge in [-0.3, -0.25) is 0 Å². The van der Waals surface area contributed by atoms with E-state index in [2.05, 4.69) is 0 Å². The molecule has 0 aliphatic rings. The zero-order chi connectivity index (χ0) is 15.5. The van der Waals surface area contributed by atoms with Crippen molar-refractivity contribution < 1.29 is 13.5 Å². The van der Waals surface area contributed by atoms with Gasteiger partial charge in [0.1, 0.15) is 0 Å². The van der Waals surface area contributed by atoms with Crippen molar-refractivity contribution in [3.05, 3.63) is 28.8 Å². The molecular formula is C15H25NO3S. The summed E-state index contributed by atoms with van der Waals surface area (Å²) < 4.78 is 26.7. The molecule has 0 fully saturated rings. The van der Waals surface area contributed by atoms with Crippen LogP contribution in [0.4, 0.5) is 0 Å². The zero-order valence-electron chi connectivity index (χ0n) is 13.0. The maximum Gasteiger partial charge on any atom is 0.243 e. The van der Waals surface area contributed by atoms with Gasteiger partial charge in [0.25, 0.3) is 0 Å². The lowest BCUT2D eigenvalue weighted by atomic mass is 10.1. The highest BCUT2D eigenvalue weighted by Crippen LogP contribution is 2.24. The monoisotopic (exact) mass is 299 g/mol. The smallest absolute Gasteiger partial charge is 0.243 e. The fourth-order valence-electron chi connectivity index (χ4n) is 2.09. The molecule has 1 aromatic carbocycles. The second-order valence-corrected chi connectivity index (χ2v) is 7.51. The fourth-order valence-corrected chi connectivity index (χ4v) is 3.73. The van der Waals surface area contributed by atoms with Crippen LogP contribution in [0.15, 0.2) is 17.0 Å². The van der Waals surface area contributed by atoms with Crippen LogP contribution in [0.1, 0.15) is 37.0 Å². The summed E-state index contributed by atoms with van der Waals surface area (Å²) in [5.74, 6) is 0.317. The maximum absolute atomic E-state index is 12.7. The van der Waals surface area contributed by atoms with Crippen LogP contribution in [-0.4, -0.2) is 31.4 Å². The van der Waals surface area contributed by atoms with Crippen LogP contribution in [0.25, 0.3) is 0 Å². The Balaban J connectivity index is 3.24. The number of aryl methyl sites for hydroxylation is 1. The van der Waals surface area contributed by atoms with Crippen LogP contribution < -0.4 is 0 Å². The van der Waals surface area contributed by atoms with Crippen LogP contribution in [0.2, 0.25) is 0 Å². The van der Waals surface area contributed by atoms with E-state index in [-0.39, 0.29) is 6.61 Å². The number of aliphatic hydroxyl groups is 1. The Morgan fingerprint density at radius 3 is 2.40 bits per heavy atom. The molecule has 0 spiro atoms. The summed E-state index contributed by atoms with van der Waals surface area (Å²) in [6, 6.07) is 3.40. The summed E-state index contributed by atoms with van der Waals surface area (Å²) in [7, 11) is -1.89. The number of hydrogen-bond acceptors (Lipinski definition) is 3. The average molecular weight is 299 g/mol. The van der Waals surface area contributed by atoms with Crippen LogP contribution in [0.5, 0.6) is 0 Å². The first kappa shape index (κ1) is 17.1. The molecule has 1 unspecified atom stereocenters. The molecule has 20 heavy (non-hydrogen) atoms. The Hall–Kier alpha value is -0.910. The minimum Gasteiger partial charge on any atom is -0.392 e. The third kappa shape index (κ3) is 3.59. The molecule has 1 rings (SSSR count). The van der Waals surface area contributed by atoms with Crippen LogP contribution in [0, 0.1) is 19.8 Å². The quantitative estimate of drug-likeness (QED) is 0.878. The Morgan fingerprint density at radius 2 is 1.90 bits per heavy atom. The fraction of sp³-hybridized carbons (Fsp3) is 0.600. The van der Waals surface area contributed by atoms with Gasteiger partial charge in [0.05, 0.1) is 11.5 Å². The third-order valence-electron chi connectivity index (χ3n) is 3.82. The summed E-state index contributed by atoms with van der Waals surface area (Å²) >= 11 is 0. The van der Waals surface area contributed by atoms with Gasteiger partial charge < -0.3 is 5.11 Å². The molecule has 0 saturated carbocycles. The van der Waals surface area contributed by atoms with E-state index in [1.807, 2.05) is 26.8 Å². The first-order chi connectivity index (χ1) is 9.23. The van der Waals surface area contributed by atoms with E-state index in [9.17, 15) is 13.5 Å². The summed E-state index contributed by atoms with van der Waals surface area (Å²) in [4.78, 5) is 0.298. The van der Waals surface area contributed by atoms with Gasteiger partial charge in [-0.1, -0.05) is 26.3 Å². The van der Waals surface area contributed by atoms with Crippen LogP contribution in [-0.2, 0) is 16.6 Å². The molecule has 0 aliphatic heterocycles. The first-order valence-electron chi connectivity index (χ1n) is 6.91. The lowest BCUT2D eigenvalue weighted by Crippen LogP contribution is -2.31. The molecule has 0 heterocycles. The normalized spacial score (nSPS) is 13.8. The zero-order valence-corrected chi connectivity index (χ0v) is 13.8. The second kappa shape index (κ2) is 6.70. The van der Waals surface area contributed by atoms with Gasteiger partial charge in [0.2, 0.25) is 10.0 Å². The number of aliphatic hydroxyl groups excluding tert-OH is 1. The Bertz CT molecular complexity index is 567. The minimum atomic E-state index is -3.51. The second-order valence-electron chi connectivity index (χ2n) is 5.49. The molecule has 0 bridgehead atoms. The van der Waals surface area contributed by atoms with Crippen molar-refractivity contribution in [3.63, 3.8) is 0 Å².